The van der Waals surface area contributed by atoms with Crippen molar-refractivity contribution in [1.29, 1.82) is 0 Å². The van der Waals surface area contributed by atoms with Crippen molar-refractivity contribution >= 4 is 28.9 Å². The summed E-state index contributed by atoms with van der Waals surface area (Å²) in [5.41, 5.74) is 1.51. The molecule has 1 atom stereocenters. The van der Waals surface area contributed by atoms with Crippen LogP contribution in [0.5, 0.6) is 5.75 Å². The number of hydrogen-bond acceptors (Lipinski definition) is 4. The van der Waals surface area contributed by atoms with Gasteiger partial charge < -0.3 is 20.3 Å². The third-order valence-electron chi connectivity index (χ3n) is 4.86. The Labute approximate surface area is 156 Å². The lowest BCUT2D eigenvalue weighted by Crippen LogP contribution is -2.35. The van der Waals surface area contributed by atoms with Crippen LogP contribution in [0.4, 0.5) is 21.5 Å². The Kier molecular flexibility index (Phi) is 4.43. The van der Waals surface area contributed by atoms with Gasteiger partial charge in [0.1, 0.15) is 11.5 Å². The second-order valence-corrected chi connectivity index (χ2v) is 6.71. The number of rotatable bonds is 3. The van der Waals surface area contributed by atoms with Gasteiger partial charge in [0.2, 0.25) is 0 Å². The average molecular weight is 369 g/mol. The maximum atomic E-state index is 14.5. The number of carbonyl (C=O) groups excluding carboxylic acids is 2. The fourth-order valence-corrected chi connectivity index (χ4v) is 3.44. The van der Waals surface area contributed by atoms with Crippen molar-refractivity contribution in [2.75, 3.05) is 28.6 Å². The van der Waals surface area contributed by atoms with E-state index < -0.39 is 17.8 Å². The van der Waals surface area contributed by atoms with E-state index in [9.17, 15) is 14.0 Å². The number of anilines is 3. The Hall–Kier alpha value is -3.09. The van der Waals surface area contributed by atoms with Crippen LogP contribution in [0, 0.1) is 5.82 Å². The first kappa shape index (κ1) is 17.3. The predicted molar refractivity (Wildman–Crippen MR) is 101 cm³/mol. The minimum atomic E-state index is -0.708. The molecule has 2 heterocycles. The number of fused-ring (bicyclic) bond motifs is 1. The highest BCUT2D eigenvalue weighted by Crippen LogP contribution is 2.36. The van der Waals surface area contributed by atoms with Gasteiger partial charge in [-0.2, -0.15) is 0 Å². The number of nitrogens with one attached hydrogen (secondary N) is 2. The normalized spacial score (nSPS) is 18.5. The molecule has 4 rings (SSSR count). The van der Waals surface area contributed by atoms with Crippen molar-refractivity contribution < 1.29 is 18.7 Å². The Balaban J connectivity index is 1.67. The maximum absolute atomic E-state index is 14.5. The summed E-state index contributed by atoms with van der Waals surface area (Å²) in [6.07, 6.45) is 1.38. The molecule has 2 aromatic carbocycles. The molecule has 0 radical (unpaired) electrons. The van der Waals surface area contributed by atoms with Gasteiger partial charge in [0.05, 0.1) is 16.9 Å². The first-order chi connectivity index (χ1) is 13.0. The van der Waals surface area contributed by atoms with Crippen LogP contribution in [0.25, 0.3) is 0 Å². The highest BCUT2D eigenvalue weighted by Gasteiger charge is 2.28. The molecule has 0 aliphatic carbocycles. The lowest BCUT2D eigenvalue weighted by Gasteiger charge is -2.25. The summed E-state index contributed by atoms with van der Waals surface area (Å²) < 4.78 is 20.1. The quantitative estimate of drug-likeness (QED) is 0.870. The molecule has 2 aromatic rings. The summed E-state index contributed by atoms with van der Waals surface area (Å²) in [5.74, 6) is -0.951. The van der Waals surface area contributed by atoms with Crippen molar-refractivity contribution in [2.45, 2.75) is 25.9 Å². The summed E-state index contributed by atoms with van der Waals surface area (Å²) in [5, 5.41) is 5.41. The second kappa shape index (κ2) is 6.90. The number of nitrogens with zero attached hydrogens (tertiary/aromatic N) is 1. The Bertz CT molecular complexity index is 909. The first-order valence-corrected chi connectivity index (χ1v) is 9.00. The van der Waals surface area contributed by atoms with Crippen LogP contribution < -0.4 is 20.3 Å². The van der Waals surface area contributed by atoms with Gasteiger partial charge in [-0.15, -0.1) is 0 Å². The van der Waals surface area contributed by atoms with E-state index in [-0.39, 0.29) is 17.2 Å². The van der Waals surface area contributed by atoms with Gasteiger partial charge in [0.25, 0.3) is 11.8 Å². The number of benzene rings is 2. The van der Waals surface area contributed by atoms with Crippen LogP contribution in [0.3, 0.4) is 0 Å². The molecule has 2 N–H and O–H groups in total. The molecule has 2 aliphatic rings. The molecule has 1 saturated heterocycles. The number of ether oxygens (including phenoxy) is 1. The maximum Gasteiger partial charge on any atom is 0.265 e. The van der Waals surface area contributed by atoms with E-state index in [0.717, 1.165) is 25.9 Å². The van der Waals surface area contributed by atoms with Gasteiger partial charge in [-0.3, -0.25) is 9.59 Å². The predicted octanol–water partition coefficient (Wildman–Crippen LogP) is 3.40. The standard InChI is InChI=1S/C20H20FN3O3/c1-12-19(25)22-15-8-4-6-13(18(15)27-12)20(26)23-17-14(21)7-5-9-16(17)24-10-2-3-11-24/h4-9,12H,2-3,10-11H2,1H3,(H,22,25)(H,23,26)/t12-/m1/s1. The van der Waals surface area contributed by atoms with E-state index in [1.54, 1.807) is 31.2 Å². The van der Waals surface area contributed by atoms with E-state index in [1.807, 2.05) is 6.07 Å². The number of halogens is 1. The minimum absolute atomic E-state index is 0.162. The van der Waals surface area contributed by atoms with Crippen LogP contribution in [-0.2, 0) is 4.79 Å². The summed E-state index contributed by atoms with van der Waals surface area (Å²) in [6, 6.07) is 9.68. The molecule has 0 unspecified atom stereocenters. The summed E-state index contributed by atoms with van der Waals surface area (Å²) >= 11 is 0. The molecule has 0 spiro atoms. The van der Waals surface area contributed by atoms with Crippen molar-refractivity contribution in [1.82, 2.24) is 0 Å². The lowest BCUT2D eigenvalue weighted by atomic mass is 10.1. The van der Waals surface area contributed by atoms with Crippen LogP contribution in [-0.4, -0.2) is 31.0 Å². The number of para-hydroxylation sites is 2. The first-order valence-electron chi connectivity index (χ1n) is 9.00. The SMILES string of the molecule is C[C@H]1Oc2c(cccc2C(=O)Nc2c(F)cccc2N2CCCC2)NC1=O. The van der Waals surface area contributed by atoms with Gasteiger partial charge in [0.15, 0.2) is 11.9 Å². The molecule has 0 saturated carbocycles. The fraction of sp³-hybridized carbons (Fsp3) is 0.300. The molecule has 140 valence electrons. The molecular formula is C20H20FN3O3. The largest absolute Gasteiger partial charge is 0.478 e. The molecular weight excluding hydrogens is 349 g/mol. The zero-order valence-electron chi connectivity index (χ0n) is 14.9. The zero-order valence-corrected chi connectivity index (χ0v) is 14.9. The fourth-order valence-electron chi connectivity index (χ4n) is 3.44. The van der Waals surface area contributed by atoms with E-state index in [0.29, 0.717) is 17.1 Å². The number of amides is 2. The van der Waals surface area contributed by atoms with Crippen molar-refractivity contribution in [2.24, 2.45) is 0 Å². The number of hydrogen-bond donors (Lipinski definition) is 2. The van der Waals surface area contributed by atoms with Crippen molar-refractivity contribution in [3.05, 3.63) is 47.8 Å². The van der Waals surface area contributed by atoms with Gasteiger partial charge in [0, 0.05) is 13.1 Å². The smallest absolute Gasteiger partial charge is 0.265 e. The highest BCUT2D eigenvalue weighted by atomic mass is 19.1. The summed E-state index contributed by atoms with van der Waals surface area (Å²) in [6.45, 7) is 3.27. The van der Waals surface area contributed by atoms with E-state index >= 15 is 0 Å². The monoisotopic (exact) mass is 369 g/mol. The molecule has 0 bridgehead atoms. The molecule has 2 amide bonds. The Morgan fingerprint density at radius 2 is 1.96 bits per heavy atom. The van der Waals surface area contributed by atoms with Gasteiger partial charge >= 0.3 is 0 Å². The van der Waals surface area contributed by atoms with Crippen LogP contribution >= 0.6 is 0 Å². The molecule has 27 heavy (non-hydrogen) atoms. The van der Waals surface area contributed by atoms with E-state index in [2.05, 4.69) is 15.5 Å². The minimum Gasteiger partial charge on any atom is -0.478 e. The van der Waals surface area contributed by atoms with E-state index in [4.69, 9.17) is 4.74 Å². The zero-order chi connectivity index (χ0) is 19.0. The van der Waals surface area contributed by atoms with Crippen LogP contribution in [0.1, 0.15) is 30.1 Å². The average Bonchev–Trinajstić information content (AvgIpc) is 3.18. The second-order valence-electron chi connectivity index (χ2n) is 6.71. The van der Waals surface area contributed by atoms with Crippen LogP contribution in [0.15, 0.2) is 36.4 Å². The Morgan fingerprint density at radius 1 is 1.22 bits per heavy atom. The van der Waals surface area contributed by atoms with E-state index in [1.165, 1.54) is 6.07 Å². The van der Waals surface area contributed by atoms with Gasteiger partial charge in [-0.1, -0.05) is 12.1 Å². The molecule has 6 nitrogen and oxygen atoms in total. The summed E-state index contributed by atoms with van der Waals surface area (Å²) in [4.78, 5) is 26.7. The number of carbonyl (C=O) groups is 2. The van der Waals surface area contributed by atoms with Crippen molar-refractivity contribution in [3.63, 3.8) is 0 Å². The molecule has 7 heteroatoms. The van der Waals surface area contributed by atoms with Gasteiger partial charge in [-0.25, -0.2) is 4.39 Å². The lowest BCUT2D eigenvalue weighted by molar-refractivity contribution is -0.122. The summed E-state index contributed by atoms with van der Waals surface area (Å²) in [7, 11) is 0. The molecule has 0 aromatic heterocycles. The third-order valence-corrected chi connectivity index (χ3v) is 4.86. The third kappa shape index (κ3) is 3.20. The van der Waals surface area contributed by atoms with Gasteiger partial charge in [-0.05, 0) is 44.0 Å². The van der Waals surface area contributed by atoms with Crippen LogP contribution in [0.2, 0.25) is 0 Å². The Morgan fingerprint density at radius 3 is 2.74 bits per heavy atom. The van der Waals surface area contributed by atoms with Crippen molar-refractivity contribution in [3.8, 4) is 5.75 Å². The molecule has 1 fully saturated rings. The highest BCUT2D eigenvalue weighted by molar-refractivity contribution is 6.10. The molecule has 2 aliphatic heterocycles. The topological polar surface area (TPSA) is 70.7 Å².